The quantitative estimate of drug-likeness (QED) is 0.688. The summed E-state index contributed by atoms with van der Waals surface area (Å²) in [6, 6.07) is 7.68. The molecular formula is C17H27ClN2O4. The number of ether oxygens (including phenoxy) is 3. The minimum absolute atomic E-state index is 0. The second-order valence-corrected chi connectivity index (χ2v) is 5.73. The van der Waals surface area contributed by atoms with Gasteiger partial charge >= 0.3 is 0 Å². The molecule has 0 saturated carbocycles. The number of nitrogens with one attached hydrogen (secondary N) is 1. The molecule has 0 aliphatic carbocycles. The van der Waals surface area contributed by atoms with Crippen LogP contribution in [0.25, 0.3) is 0 Å². The summed E-state index contributed by atoms with van der Waals surface area (Å²) >= 11 is 0. The van der Waals surface area contributed by atoms with Crippen molar-refractivity contribution in [1.82, 2.24) is 5.32 Å². The summed E-state index contributed by atoms with van der Waals surface area (Å²) in [4.78, 5) is 12.6. The smallest absolute Gasteiger partial charge is 0.227 e. The molecule has 0 spiro atoms. The van der Waals surface area contributed by atoms with Crippen molar-refractivity contribution in [3.05, 3.63) is 29.8 Å². The number of benzene rings is 1. The molecule has 0 radical (unpaired) electrons. The summed E-state index contributed by atoms with van der Waals surface area (Å²) in [6.07, 6.45) is 1.34. The van der Waals surface area contributed by atoms with Gasteiger partial charge in [0, 0.05) is 39.0 Å². The van der Waals surface area contributed by atoms with Crippen LogP contribution in [0.5, 0.6) is 5.75 Å². The van der Waals surface area contributed by atoms with E-state index in [-0.39, 0.29) is 18.3 Å². The molecule has 0 atom stereocenters. The first-order valence-corrected chi connectivity index (χ1v) is 7.97. The number of amides is 1. The number of hydrogen-bond donors (Lipinski definition) is 2. The highest BCUT2D eigenvalue weighted by Gasteiger charge is 2.38. The van der Waals surface area contributed by atoms with Gasteiger partial charge in [-0.2, -0.15) is 0 Å². The van der Waals surface area contributed by atoms with Crippen LogP contribution < -0.4 is 15.8 Å². The lowest BCUT2D eigenvalue weighted by Crippen LogP contribution is -2.49. The lowest BCUT2D eigenvalue weighted by Gasteiger charge is -2.34. The molecule has 1 amide bonds. The Kier molecular flexibility index (Phi) is 9.07. The predicted molar refractivity (Wildman–Crippen MR) is 94.4 cm³/mol. The van der Waals surface area contributed by atoms with Gasteiger partial charge in [-0.1, -0.05) is 18.2 Å². The lowest BCUT2D eigenvalue weighted by molar-refractivity contribution is -0.136. The normalized spacial score (nSPS) is 16.1. The summed E-state index contributed by atoms with van der Waals surface area (Å²) in [5.74, 6) is 0.758. The minimum atomic E-state index is -0.510. The van der Waals surface area contributed by atoms with E-state index in [1.165, 1.54) is 0 Å². The molecular weight excluding hydrogens is 332 g/mol. The van der Waals surface area contributed by atoms with Gasteiger partial charge in [0.1, 0.15) is 12.4 Å². The number of carbonyl (C=O) groups excluding carboxylic acids is 1. The molecule has 1 aromatic carbocycles. The van der Waals surface area contributed by atoms with Crippen molar-refractivity contribution in [2.45, 2.75) is 19.4 Å². The molecule has 1 saturated heterocycles. The first-order valence-electron chi connectivity index (χ1n) is 7.97. The van der Waals surface area contributed by atoms with Gasteiger partial charge in [0.05, 0.1) is 12.0 Å². The Morgan fingerprint density at radius 2 is 2.00 bits per heavy atom. The van der Waals surface area contributed by atoms with Crippen LogP contribution in [0.3, 0.4) is 0 Å². The lowest BCUT2D eigenvalue weighted by atomic mass is 9.79. The number of hydrogen-bond acceptors (Lipinski definition) is 5. The zero-order chi connectivity index (χ0) is 16.5. The minimum Gasteiger partial charge on any atom is -0.491 e. The Morgan fingerprint density at radius 3 is 2.67 bits per heavy atom. The summed E-state index contributed by atoms with van der Waals surface area (Å²) < 4.78 is 16.0. The van der Waals surface area contributed by atoms with E-state index in [1.54, 1.807) is 7.11 Å². The van der Waals surface area contributed by atoms with Crippen molar-refractivity contribution in [2.75, 3.05) is 40.1 Å². The highest BCUT2D eigenvalue weighted by Crippen LogP contribution is 2.29. The van der Waals surface area contributed by atoms with Crippen molar-refractivity contribution < 1.29 is 19.0 Å². The number of halogens is 1. The van der Waals surface area contributed by atoms with Gasteiger partial charge in [0.25, 0.3) is 0 Å². The van der Waals surface area contributed by atoms with Gasteiger partial charge in [-0.25, -0.2) is 0 Å². The van der Waals surface area contributed by atoms with Crippen LogP contribution in [0.2, 0.25) is 0 Å². The monoisotopic (exact) mass is 358 g/mol. The molecule has 3 N–H and O–H groups in total. The van der Waals surface area contributed by atoms with E-state index in [4.69, 9.17) is 19.9 Å². The van der Waals surface area contributed by atoms with Crippen LogP contribution in [0, 0.1) is 5.41 Å². The van der Waals surface area contributed by atoms with Gasteiger partial charge in [0.15, 0.2) is 0 Å². The van der Waals surface area contributed by atoms with Gasteiger partial charge < -0.3 is 25.3 Å². The van der Waals surface area contributed by atoms with Crippen molar-refractivity contribution in [3.63, 3.8) is 0 Å². The van der Waals surface area contributed by atoms with Crippen LogP contribution in [0.15, 0.2) is 24.3 Å². The van der Waals surface area contributed by atoms with E-state index in [1.807, 2.05) is 24.3 Å². The zero-order valence-corrected chi connectivity index (χ0v) is 14.9. The molecule has 0 aromatic heterocycles. The Morgan fingerprint density at radius 1 is 1.29 bits per heavy atom. The van der Waals surface area contributed by atoms with Crippen LogP contribution in [-0.2, 0) is 20.8 Å². The number of rotatable bonds is 8. The second kappa shape index (κ2) is 10.5. The first-order chi connectivity index (χ1) is 11.2. The van der Waals surface area contributed by atoms with Gasteiger partial charge in [-0.05, 0) is 18.9 Å². The van der Waals surface area contributed by atoms with Crippen molar-refractivity contribution in [1.29, 1.82) is 0 Å². The van der Waals surface area contributed by atoms with Crippen molar-refractivity contribution >= 4 is 18.3 Å². The number of carbonyl (C=O) groups is 1. The number of para-hydroxylation sites is 1. The maximum Gasteiger partial charge on any atom is 0.227 e. The summed E-state index contributed by atoms with van der Waals surface area (Å²) in [7, 11) is 1.63. The van der Waals surface area contributed by atoms with Gasteiger partial charge in [-0.3, -0.25) is 4.79 Å². The molecule has 1 aliphatic heterocycles. The fourth-order valence-electron chi connectivity index (χ4n) is 2.67. The topological polar surface area (TPSA) is 82.8 Å². The SMILES string of the molecule is COCCOc1ccccc1CNC(=O)C1(CN)CCOCC1.Cl. The first kappa shape index (κ1) is 20.7. The summed E-state index contributed by atoms with van der Waals surface area (Å²) in [5, 5.41) is 3.01. The fraction of sp³-hybridized carbons (Fsp3) is 0.588. The second-order valence-electron chi connectivity index (χ2n) is 5.73. The van der Waals surface area contributed by atoms with Crippen LogP contribution in [0.1, 0.15) is 18.4 Å². The Hall–Kier alpha value is -1.34. The standard InChI is InChI=1S/C17H26N2O4.ClH/c1-21-10-11-23-15-5-3-2-4-14(15)12-19-16(20)17(13-18)6-8-22-9-7-17;/h2-5H,6-13,18H2,1H3,(H,19,20);1H. The van der Waals surface area contributed by atoms with E-state index >= 15 is 0 Å². The molecule has 136 valence electrons. The molecule has 7 heteroatoms. The van der Waals surface area contributed by atoms with E-state index in [0.29, 0.717) is 52.4 Å². The summed E-state index contributed by atoms with van der Waals surface area (Å²) in [6.45, 7) is 2.93. The maximum absolute atomic E-state index is 12.6. The van der Waals surface area contributed by atoms with E-state index in [2.05, 4.69) is 5.32 Å². The molecule has 1 aliphatic rings. The fourth-order valence-corrected chi connectivity index (χ4v) is 2.67. The third kappa shape index (κ3) is 5.34. The number of methoxy groups -OCH3 is 1. The average molecular weight is 359 g/mol. The summed E-state index contributed by atoms with van der Waals surface area (Å²) in [5.41, 5.74) is 6.30. The largest absolute Gasteiger partial charge is 0.491 e. The molecule has 0 unspecified atom stereocenters. The maximum atomic E-state index is 12.6. The highest BCUT2D eigenvalue weighted by atomic mass is 35.5. The number of nitrogens with two attached hydrogens (primary N) is 1. The Labute approximate surface area is 149 Å². The molecule has 1 aromatic rings. The van der Waals surface area contributed by atoms with E-state index in [9.17, 15) is 4.79 Å². The third-order valence-corrected chi connectivity index (χ3v) is 4.28. The van der Waals surface area contributed by atoms with Crippen molar-refractivity contribution in [2.24, 2.45) is 11.1 Å². The molecule has 1 fully saturated rings. The van der Waals surface area contributed by atoms with E-state index < -0.39 is 5.41 Å². The molecule has 24 heavy (non-hydrogen) atoms. The molecule has 1 heterocycles. The predicted octanol–water partition coefficient (Wildman–Crippen LogP) is 1.51. The van der Waals surface area contributed by atoms with Crippen molar-refractivity contribution in [3.8, 4) is 5.75 Å². The molecule has 2 rings (SSSR count). The highest BCUT2D eigenvalue weighted by molar-refractivity contribution is 5.85. The van der Waals surface area contributed by atoms with Gasteiger partial charge in [0.2, 0.25) is 5.91 Å². The van der Waals surface area contributed by atoms with Crippen LogP contribution >= 0.6 is 12.4 Å². The van der Waals surface area contributed by atoms with E-state index in [0.717, 1.165) is 11.3 Å². The molecule has 0 bridgehead atoms. The van der Waals surface area contributed by atoms with Gasteiger partial charge in [-0.15, -0.1) is 12.4 Å². The zero-order valence-electron chi connectivity index (χ0n) is 14.1. The average Bonchev–Trinajstić information content (AvgIpc) is 2.61. The molecule has 6 nitrogen and oxygen atoms in total. The van der Waals surface area contributed by atoms with Crippen LogP contribution in [0.4, 0.5) is 0 Å². The van der Waals surface area contributed by atoms with Crippen LogP contribution in [-0.4, -0.2) is 46.0 Å². The Balaban J connectivity index is 0.00000288. The third-order valence-electron chi connectivity index (χ3n) is 4.28. The Bertz CT molecular complexity index is 507.